The maximum atomic E-state index is 12.2. The first-order valence-corrected chi connectivity index (χ1v) is 8.36. The molecule has 1 aliphatic heterocycles. The molecule has 0 aromatic heterocycles. The van der Waals surface area contributed by atoms with Crippen LogP contribution in [-0.4, -0.2) is 29.7 Å². The van der Waals surface area contributed by atoms with Crippen molar-refractivity contribution in [2.24, 2.45) is 5.92 Å². The number of hydrogen-bond donors (Lipinski definition) is 0. The van der Waals surface area contributed by atoms with E-state index in [0.29, 0.717) is 5.92 Å². The monoisotopic (exact) mass is 353 g/mol. The van der Waals surface area contributed by atoms with Gasteiger partial charge < -0.3 is 9.64 Å². The molecule has 3 nitrogen and oxygen atoms in total. The van der Waals surface area contributed by atoms with Gasteiger partial charge in [0.25, 0.3) is 0 Å². The number of amides is 1. The average molecular weight is 354 g/mol. The highest BCUT2D eigenvalue weighted by Gasteiger charge is 2.27. The number of benzene rings is 1. The molecule has 0 spiro atoms. The minimum absolute atomic E-state index is 0.181. The van der Waals surface area contributed by atoms with Crippen LogP contribution >= 0.6 is 15.9 Å². The zero-order chi connectivity index (χ0) is 15.5. The van der Waals surface area contributed by atoms with Gasteiger partial charge in [0.2, 0.25) is 0 Å². The zero-order valence-corrected chi connectivity index (χ0v) is 14.6. The van der Waals surface area contributed by atoms with E-state index in [4.69, 9.17) is 4.74 Å². The van der Waals surface area contributed by atoms with E-state index in [1.165, 1.54) is 12.0 Å². The molecule has 116 valence electrons. The molecule has 0 bridgehead atoms. The van der Waals surface area contributed by atoms with Gasteiger partial charge in [0.15, 0.2) is 0 Å². The Kier molecular flexibility index (Phi) is 5.31. The fourth-order valence-corrected chi connectivity index (χ4v) is 3.15. The van der Waals surface area contributed by atoms with Gasteiger partial charge in [-0.25, -0.2) is 4.79 Å². The van der Waals surface area contributed by atoms with Crippen LogP contribution in [0.4, 0.5) is 4.79 Å². The summed E-state index contributed by atoms with van der Waals surface area (Å²) in [4.78, 5) is 14.0. The quantitative estimate of drug-likeness (QED) is 0.774. The van der Waals surface area contributed by atoms with Gasteiger partial charge in [0.1, 0.15) is 5.60 Å². The van der Waals surface area contributed by atoms with Crippen molar-refractivity contribution in [2.75, 3.05) is 13.1 Å². The SMILES string of the molecule is CC(C)(C)OC(=O)N1CCCC(Cc2ccccc2Br)C1. The summed E-state index contributed by atoms with van der Waals surface area (Å²) in [5.74, 6) is 0.505. The summed E-state index contributed by atoms with van der Waals surface area (Å²) in [6, 6.07) is 8.32. The summed E-state index contributed by atoms with van der Waals surface area (Å²) in [7, 11) is 0. The molecule has 21 heavy (non-hydrogen) atoms. The van der Waals surface area contributed by atoms with E-state index < -0.39 is 5.60 Å². The molecule has 0 radical (unpaired) electrons. The topological polar surface area (TPSA) is 29.5 Å². The third kappa shape index (κ3) is 5.03. The number of hydrogen-bond acceptors (Lipinski definition) is 2. The minimum Gasteiger partial charge on any atom is -0.444 e. The fraction of sp³-hybridized carbons (Fsp3) is 0.588. The highest BCUT2D eigenvalue weighted by atomic mass is 79.9. The summed E-state index contributed by atoms with van der Waals surface area (Å²) in [5.41, 5.74) is 0.889. The van der Waals surface area contributed by atoms with Crippen LogP contribution in [-0.2, 0) is 11.2 Å². The van der Waals surface area contributed by atoms with Crippen LogP contribution < -0.4 is 0 Å². The lowest BCUT2D eigenvalue weighted by molar-refractivity contribution is 0.0166. The second-order valence-electron chi connectivity index (χ2n) is 6.73. The van der Waals surface area contributed by atoms with Crippen LogP contribution in [0.25, 0.3) is 0 Å². The Balaban J connectivity index is 1.95. The molecular formula is C17H24BrNO2. The van der Waals surface area contributed by atoms with E-state index in [1.54, 1.807) is 0 Å². The van der Waals surface area contributed by atoms with Crippen molar-refractivity contribution < 1.29 is 9.53 Å². The molecule has 1 heterocycles. The molecule has 2 rings (SSSR count). The van der Waals surface area contributed by atoms with Gasteiger partial charge in [0, 0.05) is 17.6 Å². The van der Waals surface area contributed by atoms with E-state index in [0.717, 1.165) is 30.4 Å². The molecule has 1 atom stereocenters. The first-order valence-electron chi connectivity index (χ1n) is 7.56. The Morgan fingerprint density at radius 2 is 2.10 bits per heavy atom. The molecule has 0 N–H and O–H groups in total. The molecule has 1 aromatic carbocycles. The molecule has 1 amide bonds. The first kappa shape index (κ1) is 16.3. The van der Waals surface area contributed by atoms with Crippen LogP contribution in [0.2, 0.25) is 0 Å². The number of piperidine rings is 1. The van der Waals surface area contributed by atoms with E-state index in [9.17, 15) is 4.79 Å². The van der Waals surface area contributed by atoms with E-state index >= 15 is 0 Å². The summed E-state index contributed by atoms with van der Waals surface area (Å²) >= 11 is 3.60. The smallest absolute Gasteiger partial charge is 0.410 e. The molecule has 1 aliphatic rings. The summed E-state index contributed by atoms with van der Waals surface area (Å²) in [5, 5.41) is 0. The first-order chi connectivity index (χ1) is 9.85. The van der Waals surface area contributed by atoms with Gasteiger partial charge in [-0.2, -0.15) is 0 Å². The Labute approximate surface area is 135 Å². The van der Waals surface area contributed by atoms with Crippen molar-refractivity contribution in [3.8, 4) is 0 Å². The lowest BCUT2D eigenvalue weighted by Crippen LogP contribution is -2.43. The molecule has 0 aliphatic carbocycles. The second kappa shape index (κ2) is 6.82. The predicted molar refractivity (Wildman–Crippen MR) is 88.4 cm³/mol. The van der Waals surface area contributed by atoms with Gasteiger partial charge in [-0.3, -0.25) is 0 Å². The zero-order valence-electron chi connectivity index (χ0n) is 13.1. The van der Waals surface area contributed by atoms with Crippen molar-refractivity contribution in [1.82, 2.24) is 4.90 Å². The highest BCUT2D eigenvalue weighted by molar-refractivity contribution is 9.10. The van der Waals surface area contributed by atoms with Crippen molar-refractivity contribution >= 4 is 22.0 Å². The van der Waals surface area contributed by atoms with Gasteiger partial charge >= 0.3 is 6.09 Å². The van der Waals surface area contributed by atoms with Gasteiger partial charge in [-0.15, -0.1) is 0 Å². The summed E-state index contributed by atoms with van der Waals surface area (Å²) in [6.07, 6.45) is 3.04. The van der Waals surface area contributed by atoms with Crippen LogP contribution in [0.15, 0.2) is 28.7 Å². The number of carbonyl (C=O) groups excluding carboxylic acids is 1. The molecule has 1 saturated heterocycles. The van der Waals surface area contributed by atoms with Crippen molar-refractivity contribution in [2.45, 2.75) is 45.6 Å². The molecular weight excluding hydrogens is 330 g/mol. The van der Waals surface area contributed by atoms with E-state index in [-0.39, 0.29) is 6.09 Å². The maximum Gasteiger partial charge on any atom is 0.410 e. The molecule has 1 fully saturated rings. The van der Waals surface area contributed by atoms with Crippen molar-refractivity contribution in [3.05, 3.63) is 34.3 Å². The maximum absolute atomic E-state index is 12.2. The number of ether oxygens (including phenoxy) is 1. The largest absolute Gasteiger partial charge is 0.444 e. The van der Waals surface area contributed by atoms with Crippen LogP contribution in [0.1, 0.15) is 39.2 Å². The van der Waals surface area contributed by atoms with Gasteiger partial charge in [-0.1, -0.05) is 34.1 Å². The number of halogens is 1. The predicted octanol–water partition coefficient (Wildman–Crippen LogP) is 4.64. The van der Waals surface area contributed by atoms with E-state index in [2.05, 4.69) is 34.1 Å². The minimum atomic E-state index is -0.424. The number of nitrogens with zero attached hydrogens (tertiary/aromatic N) is 1. The van der Waals surface area contributed by atoms with E-state index in [1.807, 2.05) is 31.7 Å². The van der Waals surface area contributed by atoms with Crippen LogP contribution in [0.5, 0.6) is 0 Å². The number of rotatable bonds is 2. The van der Waals surface area contributed by atoms with Gasteiger partial charge in [-0.05, 0) is 57.6 Å². The van der Waals surface area contributed by atoms with Crippen LogP contribution in [0, 0.1) is 5.92 Å². The standard InChI is InChI=1S/C17H24BrNO2/c1-17(2,3)21-16(20)19-10-6-7-13(12-19)11-14-8-4-5-9-15(14)18/h4-5,8-9,13H,6-7,10-12H2,1-3H3. The molecule has 4 heteroatoms. The van der Waals surface area contributed by atoms with Gasteiger partial charge in [0.05, 0.1) is 0 Å². The number of carbonyl (C=O) groups is 1. The molecule has 1 unspecified atom stereocenters. The Bertz CT molecular complexity index is 496. The second-order valence-corrected chi connectivity index (χ2v) is 7.58. The average Bonchev–Trinajstić information content (AvgIpc) is 2.40. The summed E-state index contributed by atoms with van der Waals surface area (Å²) < 4.78 is 6.63. The highest BCUT2D eigenvalue weighted by Crippen LogP contribution is 2.25. The Morgan fingerprint density at radius 1 is 1.38 bits per heavy atom. The number of likely N-dealkylation sites (tertiary alicyclic amines) is 1. The van der Waals surface area contributed by atoms with Crippen LogP contribution in [0.3, 0.4) is 0 Å². The third-order valence-electron chi connectivity index (χ3n) is 3.64. The third-order valence-corrected chi connectivity index (χ3v) is 4.41. The molecule has 1 aromatic rings. The van der Waals surface area contributed by atoms with Crippen molar-refractivity contribution in [1.29, 1.82) is 0 Å². The Morgan fingerprint density at radius 3 is 2.76 bits per heavy atom. The fourth-order valence-electron chi connectivity index (χ4n) is 2.70. The lowest BCUT2D eigenvalue weighted by Gasteiger charge is -2.34. The molecule has 0 saturated carbocycles. The lowest BCUT2D eigenvalue weighted by atomic mass is 9.91. The normalized spacial score (nSPS) is 19.4. The van der Waals surface area contributed by atoms with Crippen molar-refractivity contribution in [3.63, 3.8) is 0 Å². The Hall–Kier alpha value is -1.03. The summed E-state index contributed by atoms with van der Waals surface area (Å²) in [6.45, 7) is 7.33.